The molecular formula is C12H8N4O3S3. The molecule has 3 aromatic rings. The van der Waals surface area contributed by atoms with Crippen molar-refractivity contribution in [1.29, 1.82) is 0 Å². The molecule has 3 rings (SSSR count). The van der Waals surface area contributed by atoms with Crippen LogP contribution in [0.3, 0.4) is 0 Å². The number of thioether (sulfide) groups is 1. The maximum Gasteiger partial charge on any atom is 0.270 e. The maximum absolute atomic E-state index is 11.8. The predicted molar refractivity (Wildman–Crippen MR) is 87.7 cm³/mol. The number of hydrogen-bond donors (Lipinski definition) is 1. The third-order valence-corrected chi connectivity index (χ3v) is 5.42. The van der Waals surface area contributed by atoms with Crippen molar-refractivity contribution in [2.75, 3.05) is 11.1 Å². The molecule has 0 atom stereocenters. The van der Waals surface area contributed by atoms with Crippen molar-refractivity contribution >= 4 is 61.4 Å². The highest BCUT2D eigenvalue weighted by Gasteiger charge is 2.12. The van der Waals surface area contributed by atoms with Crippen molar-refractivity contribution in [3.05, 3.63) is 39.9 Å². The summed E-state index contributed by atoms with van der Waals surface area (Å²) in [7, 11) is 0. The van der Waals surface area contributed by atoms with Gasteiger partial charge in [-0.2, -0.15) is 0 Å². The van der Waals surface area contributed by atoms with Gasteiger partial charge < -0.3 is 5.32 Å². The van der Waals surface area contributed by atoms with Gasteiger partial charge >= 0.3 is 0 Å². The molecule has 0 aliphatic rings. The van der Waals surface area contributed by atoms with E-state index in [0.29, 0.717) is 15.0 Å². The van der Waals surface area contributed by atoms with Crippen LogP contribution in [0.2, 0.25) is 0 Å². The first-order valence-electron chi connectivity index (χ1n) is 5.99. The van der Waals surface area contributed by atoms with E-state index in [0.717, 1.165) is 4.70 Å². The SMILES string of the molecule is O=C(CSc1nc2ccc([N+](=O)[O-])cc2s1)Nc1nccs1. The van der Waals surface area contributed by atoms with E-state index in [1.165, 1.54) is 46.6 Å². The molecule has 0 unspecified atom stereocenters. The zero-order valence-electron chi connectivity index (χ0n) is 10.9. The lowest BCUT2D eigenvalue weighted by Gasteiger charge is -1.98. The highest BCUT2D eigenvalue weighted by Crippen LogP contribution is 2.31. The van der Waals surface area contributed by atoms with Crippen LogP contribution >= 0.6 is 34.4 Å². The minimum absolute atomic E-state index is 0.0363. The van der Waals surface area contributed by atoms with Crippen LogP contribution in [0.15, 0.2) is 34.1 Å². The molecule has 2 heterocycles. The fourth-order valence-corrected chi connectivity index (χ4v) is 4.08. The first-order valence-corrected chi connectivity index (χ1v) is 8.67. The van der Waals surface area contributed by atoms with E-state index >= 15 is 0 Å². The first kappa shape index (κ1) is 14.9. The number of carbonyl (C=O) groups is 1. The molecular weight excluding hydrogens is 344 g/mol. The summed E-state index contributed by atoms with van der Waals surface area (Å²) in [5.41, 5.74) is 0.729. The fraction of sp³-hybridized carbons (Fsp3) is 0.0833. The van der Waals surface area contributed by atoms with Gasteiger partial charge in [-0.25, -0.2) is 9.97 Å². The van der Waals surface area contributed by atoms with E-state index in [2.05, 4.69) is 15.3 Å². The van der Waals surface area contributed by atoms with Crippen LogP contribution in [0.5, 0.6) is 0 Å². The van der Waals surface area contributed by atoms with E-state index < -0.39 is 4.92 Å². The van der Waals surface area contributed by atoms with E-state index in [4.69, 9.17) is 0 Å². The van der Waals surface area contributed by atoms with Crippen LogP contribution in [0.25, 0.3) is 10.2 Å². The molecule has 0 saturated carbocycles. The van der Waals surface area contributed by atoms with Crippen LogP contribution in [0.1, 0.15) is 0 Å². The Balaban J connectivity index is 1.66. The van der Waals surface area contributed by atoms with Gasteiger partial charge in [-0.15, -0.1) is 22.7 Å². The van der Waals surface area contributed by atoms with E-state index in [-0.39, 0.29) is 17.3 Å². The number of benzene rings is 1. The normalized spacial score (nSPS) is 10.7. The Morgan fingerprint density at radius 2 is 2.32 bits per heavy atom. The summed E-state index contributed by atoms with van der Waals surface area (Å²) in [5.74, 6) is 0.0480. The molecule has 1 aromatic carbocycles. The Hall–Kier alpha value is -2.04. The van der Waals surface area contributed by atoms with Gasteiger partial charge in [0.05, 0.1) is 20.9 Å². The molecule has 0 bridgehead atoms. The molecule has 0 saturated heterocycles. The monoisotopic (exact) mass is 352 g/mol. The highest BCUT2D eigenvalue weighted by molar-refractivity contribution is 8.01. The number of carbonyl (C=O) groups excluding carboxylic acids is 1. The zero-order valence-corrected chi connectivity index (χ0v) is 13.3. The molecule has 1 amide bonds. The first-order chi connectivity index (χ1) is 10.6. The number of fused-ring (bicyclic) bond motifs is 1. The van der Waals surface area contributed by atoms with Gasteiger partial charge in [0.1, 0.15) is 0 Å². The molecule has 2 aromatic heterocycles. The number of rotatable bonds is 5. The second-order valence-electron chi connectivity index (χ2n) is 4.06. The van der Waals surface area contributed by atoms with E-state index in [1.807, 2.05) is 0 Å². The van der Waals surface area contributed by atoms with Crippen molar-refractivity contribution in [1.82, 2.24) is 9.97 Å². The average molecular weight is 352 g/mol. The number of nitro groups is 1. The lowest BCUT2D eigenvalue weighted by molar-refractivity contribution is -0.384. The Kier molecular flexibility index (Phi) is 4.32. The number of non-ortho nitro benzene ring substituents is 1. The number of aromatic nitrogens is 2. The summed E-state index contributed by atoms with van der Waals surface area (Å²) >= 11 is 3.98. The molecule has 112 valence electrons. The molecule has 10 heteroatoms. The van der Waals surface area contributed by atoms with Crippen LogP contribution in [-0.2, 0) is 4.79 Å². The summed E-state index contributed by atoms with van der Waals surface area (Å²) in [5, 5.41) is 15.8. The quantitative estimate of drug-likeness (QED) is 0.429. The molecule has 22 heavy (non-hydrogen) atoms. The summed E-state index contributed by atoms with van der Waals surface area (Å²) < 4.78 is 1.43. The third kappa shape index (κ3) is 3.40. The second kappa shape index (κ2) is 6.38. The number of thiazole rings is 2. The smallest absolute Gasteiger partial charge is 0.270 e. The van der Waals surface area contributed by atoms with Crippen molar-refractivity contribution < 1.29 is 9.72 Å². The topological polar surface area (TPSA) is 98.0 Å². The number of nitrogens with one attached hydrogen (secondary N) is 1. The molecule has 7 nitrogen and oxygen atoms in total. The standard InChI is InChI=1S/C12H8N4O3S3/c17-10(15-11-13-3-4-20-11)6-21-12-14-8-2-1-7(16(18)19)5-9(8)22-12/h1-5H,6H2,(H,13,15,17). The van der Waals surface area contributed by atoms with Crippen molar-refractivity contribution in [2.45, 2.75) is 4.34 Å². The molecule has 1 N–H and O–H groups in total. The van der Waals surface area contributed by atoms with Gasteiger partial charge in [-0.1, -0.05) is 11.8 Å². The summed E-state index contributed by atoms with van der Waals surface area (Å²) in [6, 6.07) is 4.53. The largest absolute Gasteiger partial charge is 0.301 e. The van der Waals surface area contributed by atoms with Gasteiger partial charge in [0.2, 0.25) is 5.91 Å². The lowest BCUT2D eigenvalue weighted by Crippen LogP contribution is -2.13. The molecule has 0 spiro atoms. The summed E-state index contributed by atoms with van der Waals surface area (Å²) in [4.78, 5) is 30.4. The van der Waals surface area contributed by atoms with Crippen LogP contribution in [0.4, 0.5) is 10.8 Å². The Morgan fingerprint density at radius 1 is 1.45 bits per heavy atom. The van der Waals surface area contributed by atoms with E-state index in [9.17, 15) is 14.9 Å². The van der Waals surface area contributed by atoms with Gasteiger partial charge in [-0.3, -0.25) is 14.9 Å². The molecule has 0 aliphatic carbocycles. The minimum atomic E-state index is -0.437. The van der Waals surface area contributed by atoms with Crippen LogP contribution in [0, 0.1) is 10.1 Å². The van der Waals surface area contributed by atoms with Crippen LogP contribution in [-0.4, -0.2) is 26.6 Å². The number of amides is 1. The molecule has 0 fully saturated rings. The van der Waals surface area contributed by atoms with Crippen molar-refractivity contribution in [3.8, 4) is 0 Å². The van der Waals surface area contributed by atoms with Crippen molar-refractivity contribution in [3.63, 3.8) is 0 Å². The summed E-state index contributed by atoms with van der Waals surface area (Å²) in [6.45, 7) is 0. The predicted octanol–water partition coefficient (Wildman–Crippen LogP) is 3.39. The molecule has 0 radical (unpaired) electrons. The van der Waals surface area contributed by atoms with E-state index in [1.54, 1.807) is 17.6 Å². The Labute approximate surface area is 136 Å². The Bertz CT molecular complexity index is 831. The van der Waals surface area contributed by atoms with Gasteiger partial charge in [0.25, 0.3) is 5.69 Å². The van der Waals surface area contributed by atoms with Crippen molar-refractivity contribution in [2.24, 2.45) is 0 Å². The van der Waals surface area contributed by atoms with Gasteiger partial charge in [0, 0.05) is 23.7 Å². The minimum Gasteiger partial charge on any atom is -0.301 e. The number of nitrogens with zero attached hydrogens (tertiary/aromatic N) is 3. The third-order valence-electron chi connectivity index (χ3n) is 2.57. The highest BCUT2D eigenvalue weighted by atomic mass is 32.2. The number of hydrogen-bond acceptors (Lipinski definition) is 8. The lowest BCUT2D eigenvalue weighted by atomic mass is 10.3. The van der Waals surface area contributed by atoms with Gasteiger partial charge in [0.15, 0.2) is 9.47 Å². The average Bonchev–Trinajstić information content (AvgIpc) is 3.12. The Morgan fingerprint density at radius 3 is 3.05 bits per heavy atom. The molecule has 0 aliphatic heterocycles. The second-order valence-corrected chi connectivity index (χ2v) is 7.21. The zero-order chi connectivity index (χ0) is 15.5. The number of anilines is 1. The fourth-order valence-electron chi connectivity index (χ4n) is 1.64. The maximum atomic E-state index is 11.8. The number of nitro benzene ring substituents is 1. The van der Waals surface area contributed by atoms with Crippen LogP contribution < -0.4 is 5.32 Å². The summed E-state index contributed by atoms with van der Waals surface area (Å²) in [6.07, 6.45) is 1.62. The van der Waals surface area contributed by atoms with Gasteiger partial charge in [-0.05, 0) is 6.07 Å².